The number of amides is 5. The minimum absolute atomic E-state index is 0.0779. The lowest BCUT2D eigenvalue weighted by molar-refractivity contribution is -0.138. The molecule has 0 aromatic heterocycles. The Morgan fingerprint density at radius 3 is 2.11 bits per heavy atom. The number of nitrogens with zero attached hydrogens (tertiary/aromatic N) is 2. The number of carbonyl (C=O) groups is 5. The number of phenols is 1. The third-order valence-electron chi connectivity index (χ3n) is 8.87. The summed E-state index contributed by atoms with van der Waals surface area (Å²) in [6, 6.07) is 3.36. The van der Waals surface area contributed by atoms with Gasteiger partial charge < -0.3 is 9.84 Å². The Hall–Kier alpha value is -3.75. The van der Waals surface area contributed by atoms with Crippen LogP contribution in [0.1, 0.15) is 24.3 Å². The van der Waals surface area contributed by atoms with Crippen molar-refractivity contribution in [2.75, 3.05) is 12.0 Å². The van der Waals surface area contributed by atoms with Gasteiger partial charge in [0, 0.05) is 10.9 Å². The molecule has 2 saturated heterocycles. The van der Waals surface area contributed by atoms with Crippen LogP contribution >= 0.6 is 34.8 Å². The molecule has 2 heterocycles. The Kier molecular flexibility index (Phi) is 7.03. The molecule has 45 heavy (non-hydrogen) atoms. The molecule has 1 N–H and O–H groups in total. The molecule has 0 bridgehead atoms. The van der Waals surface area contributed by atoms with E-state index in [0.717, 1.165) is 19.2 Å². The smallest absolute Gasteiger partial charge is 0.423 e. The van der Waals surface area contributed by atoms with Gasteiger partial charge in [0.25, 0.3) is 11.8 Å². The SMILES string of the molecule is COC(=O)N1C(=O)[C@H]2[C@H](CC=C3[C@H]2C[C@@]2(Cl)C(=O)N(c4c(F)c(F)c(F)c(F)c4F)C(=O)[C@@]2(Cl)[C@H]3c2ccc(O)cc2Cl)C1=O. The van der Waals surface area contributed by atoms with Gasteiger partial charge in [0.2, 0.25) is 17.6 Å². The lowest BCUT2D eigenvalue weighted by Crippen LogP contribution is -2.60. The summed E-state index contributed by atoms with van der Waals surface area (Å²) < 4.78 is 77.0. The average molecular weight is 694 g/mol. The number of carbonyl (C=O) groups excluding carboxylic acids is 5. The van der Waals surface area contributed by atoms with E-state index in [2.05, 4.69) is 4.74 Å². The topological polar surface area (TPSA) is 121 Å². The van der Waals surface area contributed by atoms with Crippen LogP contribution in [0.25, 0.3) is 0 Å². The number of likely N-dealkylation sites (tertiary alicyclic amines) is 1. The van der Waals surface area contributed by atoms with E-state index in [4.69, 9.17) is 34.8 Å². The number of phenolic OH excluding ortho intramolecular Hbond substituents is 1. The Labute approximate surface area is 264 Å². The maximum atomic E-state index is 15.0. The van der Waals surface area contributed by atoms with Crippen LogP contribution in [0.4, 0.5) is 32.4 Å². The number of halogens is 8. The molecule has 1 saturated carbocycles. The first-order valence-corrected chi connectivity index (χ1v) is 14.1. The number of hydrogen-bond acceptors (Lipinski definition) is 7. The fourth-order valence-corrected chi connectivity index (χ4v) is 8.14. The van der Waals surface area contributed by atoms with Gasteiger partial charge in [-0.15, -0.1) is 23.2 Å². The van der Waals surface area contributed by atoms with Crippen molar-refractivity contribution in [3.63, 3.8) is 0 Å². The first-order chi connectivity index (χ1) is 21.0. The van der Waals surface area contributed by atoms with E-state index in [1.165, 1.54) is 12.1 Å². The van der Waals surface area contributed by atoms with Gasteiger partial charge in [-0.1, -0.05) is 29.3 Å². The summed E-state index contributed by atoms with van der Waals surface area (Å²) in [6.07, 6.45) is -0.814. The molecule has 2 aliphatic heterocycles. The molecule has 0 spiro atoms. The molecule has 6 rings (SSSR count). The van der Waals surface area contributed by atoms with Crippen molar-refractivity contribution in [2.45, 2.75) is 28.5 Å². The molecule has 9 nitrogen and oxygen atoms in total. The number of aromatic hydroxyl groups is 1. The second-order valence-corrected chi connectivity index (χ2v) is 12.5. The largest absolute Gasteiger partial charge is 0.508 e. The maximum absolute atomic E-state index is 15.0. The summed E-state index contributed by atoms with van der Waals surface area (Å²) in [5.41, 5.74) is -1.89. The summed E-state index contributed by atoms with van der Waals surface area (Å²) in [6.45, 7) is 0. The number of ether oxygens (including phenoxy) is 1. The van der Waals surface area contributed by atoms with E-state index in [1.54, 1.807) is 0 Å². The summed E-state index contributed by atoms with van der Waals surface area (Å²) >= 11 is 20.3. The van der Waals surface area contributed by atoms with Crippen LogP contribution < -0.4 is 4.90 Å². The fourth-order valence-electron chi connectivity index (χ4n) is 6.93. The normalized spacial score (nSPS) is 30.7. The predicted octanol–water partition coefficient (Wildman–Crippen LogP) is 5.07. The van der Waals surface area contributed by atoms with E-state index >= 15 is 8.78 Å². The van der Waals surface area contributed by atoms with Gasteiger partial charge in [0.15, 0.2) is 33.0 Å². The van der Waals surface area contributed by atoms with Gasteiger partial charge in [-0.25, -0.2) is 31.6 Å². The Morgan fingerprint density at radius 1 is 0.933 bits per heavy atom. The Balaban J connectivity index is 1.61. The molecule has 4 aliphatic rings. The van der Waals surface area contributed by atoms with Crippen LogP contribution in [0.5, 0.6) is 5.75 Å². The van der Waals surface area contributed by atoms with Crippen LogP contribution in [0, 0.1) is 46.8 Å². The van der Waals surface area contributed by atoms with Gasteiger partial charge in [-0.2, -0.15) is 4.90 Å². The molecule has 17 heteroatoms. The van der Waals surface area contributed by atoms with Gasteiger partial charge >= 0.3 is 6.09 Å². The van der Waals surface area contributed by atoms with E-state index < -0.39 is 104 Å². The Bertz CT molecular complexity index is 1800. The molecule has 2 aromatic rings. The number of imide groups is 4. The first-order valence-electron chi connectivity index (χ1n) is 13.0. The van der Waals surface area contributed by atoms with Crippen LogP contribution in [0.2, 0.25) is 5.02 Å². The third-order valence-corrected chi connectivity index (χ3v) is 10.6. The first kappa shape index (κ1) is 31.2. The Morgan fingerprint density at radius 2 is 1.53 bits per heavy atom. The van der Waals surface area contributed by atoms with E-state index in [9.17, 15) is 42.3 Å². The molecule has 2 aromatic carbocycles. The van der Waals surface area contributed by atoms with Gasteiger partial charge in [-0.3, -0.25) is 19.2 Å². The average Bonchev–Trinajstić information content (AvgIpc) is 3.34. The molecule has 0 radical (unpaired) electrons. The van der Waals surface area contributed by atoms with Crippen LogP contribution in [-0.4, -0.2) is 56.6 Å². The summed E-state index contributed by atoms with van der Waals surface area (Å²) in [5, 5.41) is 9.73. The predicted molar refractivity (Wildman–Crippen MR) is 144 cm³/mol. The number of fused-ring (bicyclic) bond motifs is 4. The second kappa shape index (κ2) is 10.1. The number of benzene rings is 2. The lowest BCUT2D eigenvalue weighted by atomic mass is 9.56. The minimum Gasteiger partial charge on any atom is -0.508 e. The zero-order valence-corrected chi connectivity index (χ0v) is 24.6. The van der Waals surface area contributed by atoms with Crippen molar-refractivity contribution >= 4 is 70.2 Å². The van der Waals surface area contributed by atoms with Crippen molar-refractivity contribution in [3.8, 4) is 5.75 Å². The third kappa shape index (κ3) is 3.81. The summed E-state index contributed by atoms with van der Waals surface area (Å²) in [7, 11) is 0.935. The molecular formula is C28H16Cl3F5N2O7. The van der Waals surface area contributed by atoms with E-state index in [1.807, 2.05) is 0 Å². The summed E-state index contributed by atoms with van der Waals surface area (Å²) in [4.78, 5) is 61.6. The highest BCUT2D eigenvalue weighted by atomic mass is 35.5. The maximum Gasteiger partial charge on any atom is 0.423 e. The van der Waals surface area contributed by atoms with Crippen LogP contribution in [0.15, 0.2) is 29.8 Å². The fraction of sp³-hybridized carbons (Fsp3) is 0.321. The highest BCUT2D eigenvalue weighted by molar-refractivity contribution is 6.58. The molecule has 236 valence electrons. The van der Waals surface area contributed by atoms with Crippen LogP contribution in [0.3, 0.4) is 0 Å². The molecule has 6 atom stereocenters. The number of methoxy groups -OCH3 is 1. The number of alkyl halides is 2. The van der Waals surface area contributed by atoms with Crippen LogP contribution in [-0.2, 0) is 23.9 Å². The van der Waals surface area contributed by atoms with Gasteiger partial charge in [0.1, 0.15) is 11.4 Å². The summed E-state index contributed by atoms with van der Waals surface area (Å²) in [5.74, 6) is -23.6. The number of hydrogen-bond donors (Lipinski definition) is 1. The number of allylic oxidation sites excluding steroid dienone is 2. The quantitative estimate of drug-likeness (QED) is 0.117. The lowest BCUT2D eigenvalue weighted by Gasteiger charge is -2.50. The van der Waals surface area contributed by atoms with E-state index in [0.29, 0.717) is 0 Å². The molecule has 2 aliphatic carbocycles. The highest BCUT2D eigenvalue weighted by Crippen LogP contribution is 2.66. The molecule has 0 unspecified atom stereocenters. The zero-order chi connectivity index (χ0) is 33.1. The van der Waals surface area contributed by atoms with Crippen molar-refractivity contribution in [1.82, 2.24) is 4.90 Å². The molecule has 3 fully saturated rings. The highest BCUT2D eigenvalue weighted by Gasteiger charge is 2.77. The van der Waals surface area contributed by atoms with E-state index in [-0.39, 0.29) is 38.1 Å². The van der Waals surface area contributed by atoms with Crippen molar-refractivity contribution in [2.24, 2.45) is 17.8 Å². The number of rotatable bonds is 2. The number of anilines is 1. The molecule has 5 amide bonds. The van der Waals surface area contributed by atoms with Gasteiger partial charge in [0.05, 0.1) is 18.9 Å². The van der Waals surface area contributed by atoms with Gasteiger partial charge in [-0.05, 0) is 36.5 Å². The monoisotopic (exact) mass is 692 g/mol. The second-order valence-electron chi connectivity index (χ2n) is 10.9. The standard InChI is InChI=1S/C28H16Cl3F5N2O7/c1-45-26(44)38-22(40)11-5-4-9-12(14(11)23(38)41)7-27(30)24(42)37(21-19(35)17(33)16(32)18(34)20(21)36)25(43)28(27,31)15(9)10-3-2-8(39)6-13(10)29/h2-4,6,11-12,14-15,39H,5,7H2,1H3/t11-,12+,14-,15+,27+,28-/m0/s1. The zero-order valence-electron chi connectivity index (χ0n) is 22.3. The van der Waals surface area contributed by atoms with Crippen molar-refractivity contribution in [1.29, 1.82) is 0 Å². The van der Waals surface area contributed by atoms with Crippen molar-refractivity contribution < 1.29 is 55.8 Å². The molecular weight excluding hydrogens is 678 g/mol. The minimum atomic E-state index is -2.78. The van der Waals surface area contributed by atoms with Crippen molar-refractivity contribution in [3.05, 3.63) is 69.5 Å².